The third-order valence-corrected chi connectivity index (χ3v) is 5.67. The lowest BCUT2D eigenvalue weighted by molar-refractivity contribution is 0.527. The number of nitrogens with zero attached hydrogens (tertiary/aromatic N) is 4. The van der Waals surface area contributed by atoms with Gasteiger partial charge in [-0.3, -0.25) is 4.72 Å². The Labute approximate surface area is 149 Å². The van der Waals surface area contributed by atoms with Crippen LogP contribution in [0.4, 0.5) is 17.2 Å². The molecule has 0 aliphatic carbocycles. The molecule has 1 fully saturated rings. The van der Waals surface area contributed by atoms with Gasteiger partial charge in [0, 0.05) is 57.8 Å². The summed E-state index contributed by atoms with van der Waals surface area (Å²) in [6.07, 6.45) is 1.81. The maximum atomic E-state index is 11.9. The van der Waals surface area contributed by atoms with E-state index in [4.69, 9.17) is 0 Å². The van der Waals surface area contributed by atoms with Crippen molar-refractivity contribution in [1.29, 1.82) is 0 Å². The Balaban J connectivity index is 1.61. The smallest absolute Gasteiger partial charge is 0.301 e. The summed E-state index contributed by atoms with van der Waals surface area (Å²) in [5, 5.41) is 0. The van der Waals surface area contributed by atoms with Crippen LogP contribution in [0.3, 0.4) is 0 Å². The van der Waals surface area contributed by atoms with Gasteiger partial charge in [-0.1, -0.05) is 6.07 Å². The molecule has 0 amide bonds. The van der Waals surface area contributed by atoms with Gasteiger partial charge in [0.25, 0.3) is 0 Å². The molecule has 25 heavy (non-hydrogen) atoms. The van der Waals surface area contributed by atoms with Crippen molar-refractivity contribution >= 4 is 27.4 Å². The Morgan fingerprint density at radius 1 is 0.960 bits per heavy atom. The van der Waals surface area contributed by atoms with Crippen molar-refractivity contribution in [2.45, 2.75) is 0 Å². The molecule has 134 valence electrons. The van der Waals surface area contributed by atoms with Gasteiger partial charge in [-0.15, -0.1) is 0 Å². The van der Waals surface area contributed by atoms with Gasteiger partial charge in [0.1, 0.15) is 5.82 Å². The quantitative estimate of drug-likeness (QED) is 0.877. The van der Waals surface area contributed by atoms with Crippen LogP contribution in [0.25, 0.3) is 0 Å². The standard InChI is InChI=1S/C17H23N5O2S/c1-20(2)25(23,24)19-15-6-8-16(9-7-15)21-11-13-22(14-12-21)17-5-3-4-10-18-17/h3-10,19H,11-14H2,1-2H3. The SMILES string of the molecule is CN(C)S(=O)(=O)Nc1ccc(N2CCN(c3ccccn3)CC2)cc1. The third kappa shape index (κ3) is 4.21. The molecule has 2 heterocycles. The average molecular weight is 361 g/mol. The Morgan fingerprint density at radius 2 is 1.60 bits per heavy atom. The summed E-state index contributed by atoms with van der Waals surface area (Å²) in [5.74, 6) is 1.01. The highest BCUT2D eigenvalue weighted by atomic mass is 32.2. The van der Waals surface area contributed by atoms with Crippen molar-refractivity contribution in [2.75, 3.05) is 54.8 Å². The summed E-state index contributed by atoms with van der Waals surface area (Å²) in [5.41, 5.74) is 1.65. The molecule has 1 saturated heterocycles. The van der Waals surface area contributed by atoms with Crippen LogP contribution in [0, 0.1) is 0 Å². The van der Waals surface area contributed by atoms with E-state index in [9.17, 15) is 8.42 Å². The molecule has 1 aromatic carbocycles. The highest BCUT2D eigenvalue weighted by Gasteiger charge is 2.18. The van der Waals surface area contributed by atoms with Gasteiger partial charge in [0.2, 0.25) is 0 Å². The number of piperazine rings is 1. The second kappa shape index (κ2) is 7.28. The molecule has 1 N–H and O–H groups in total. The molecule has 1 aliphatic heterocycles. The summed E-state index contributed by atoms with van der Waals surface area (Å²) in [6, 6.07) is 13.4. The fourth-order valence-corrected chi connectivity index (χ4v) is 3.33. The summed E-state index contributed by atoms with van der Waals surface area (Å²) in [6.45, 7) is 3.62. The number of benzene rings is 1. The number of hydrogen-bond acceptors (Lipinski definition) is 5. The number of aromatic nitrogens is 1. The molecule has 0 radical (unpaired) electrons. The first-order valence-corrected chi connectivity index (χ1v) is 9.61. The fraction of sp³-hybridized carbons (Fsp3) is 0.353. The monoisotopic (exact) mass is 361 g/mol. The number of rotatable bonds is 5. The van der Waals surface area contributed by atoms with E-state index in [1.165, 1.54) is 14.1 Å². The van der Waals surface area contributed by atoms with E-state index < -0.39 is 10.2 Å². The number of nitrogens with one attached hydrogen (secondary N) is 1. The van der Waals surface area contributed by atoms with E-state index in [1.54, 1.807) is 12.1 Å². The van der Waals surface area contributed by atoms with E-state index in [0.29, 0.717) is 5.69 Å². The van der Waals surface area contributed by atoms with Crippen molar-refractivity contribution in [3.8, 4) is 0 Å². The molecule has 7 nitrogen and oxygen atoms in total. The molecule has 0 bridgehead atoms. The van der Waals surface area contributed by atoms with Crippen molar-refractivity contribution in [3.63, 3.8) is 0 Å². The lowest BCUT2D eigenvalue weighted by Crippen LogP contribution is -2.46. The Hall–Kier alpha value is -2.32. The molecule has 0 unspecified atom stereocenters. The highest BCUT2D eigenvalue weighted by Crippen LogP contribution is 2.21. The minimum atomic E-state index is -3.47. The topological polar surface area (TPSA) is 68.8 Å². The predicted octanol–water partition coefficient (Wildman–Crippen LogP) is 1.63. The minimum Gasteiger partial charge on any atom is -0.368 e. The molecule has 2 aromatic rings. The van der Waals surface area contributed by atoms with Crippen LogP contribution in [0.15, 0.2) is 48.7 Å². The normalized spacial score (nSPS) is 15.5. The van der Waals surface area contributed by atoms with Gasteiger partial charge in [0.15, 0.2) is 0 Å². The second-order valence-corrected chi connectivity index (χ2v) is 7.98. The zero-order valence-corrected chi connectivity index (χ0v) is 15.3. The second-order valence-electron chi connectivity index (χ2n) is 6.10. The van der Waals surface area contributed by atoms with E-state index in [1.807, 2.05) is 36.5 Å². The fourth-order valence-electron chi connectivity index (χ4n) is 2.72. The van der Waals surface area contributed by atoms with Gasteiger partial charge in [-0.25, -0.2) is 4.98 Å². The molecule has 1 aliphatic rings. The molecular weight excluding hydrogens is 338 g/mol. The van der Waals surface area contributed by atoms with Crippen LogP contribution < -0.4 is 14.5 Å². The van der Waals surface area contributed by atoms with Crippen LogP contribution in [-0.2, 0) is 10.2 Å². The molecule has 3 rings (SSSR count). The van der Waals surface area contributed by atoms with Crippen LogP contribution in [0.5, 0.6) is 0 Å². The maximum absolute atomic E-state index is 11.9. The summed E-state index contributed by atoms with van der Waals surface area (Å²) in [4.78, 5) is 8.97. The van der Waals surface area contributed by atoms with Crippen LogP contribution in [0.1, 0.15) is 0 Å². The Bertz CT molecular complexity index is 786. The molecule has 0 saturated carbocycles. The highest BCUT2D eigenvalue weighted by molar-refractivity contribution is 7.90. The van der Waals surface area contributed by atoms with E-state index in [-0.39, 0.29) is 0 Å². The van der Waals surface area contributed by atoms with Crippen molar-refractivity contribution in [1.82, 2.24) is 9.29 Å². The van der Waals surface area contributed by atoms with Crippen LogP contribution in [0.2, 0.25) is 0 Å². The first kappa shape index (κ1) is 17.5. The minimum absolute atomic E-state index is 0.560. The van der Waals surface area contributed by atoms with Crippen molar-refractivity contribution < 1.29 is 8.42 Å². The van der Waals surface area contributed by atoms with Gasteiger partial charge in [-0.2, -0.15) is 12.7 Å². The average Bonchev–Trinajstić information content (AvgIpc) is 2.63. The lowest BCUT2D eigenvalue weighted by Gasteiger charge is -2.36. The molecule has 0 spiro atoms. The zero-order valence-electron chi connectivity index (χ0n) is 14.5. The number of hydrogen-bond donors (Lipinski definition) is 1. The number of pyridine rings is 1. The summed E-state index contributed by atoms with van der Waals surface area (Å²) < 4.78 is 27.4. The molecule has 8 heteroatoms. The van der Waals surface area contributed by atoms with E-state index in [2.05, 4.69) is 19.5 Å². The van der Waals surface area contributed by atoms with Gasteiger partial charge >= 0.3 is 10.2 Å². The molecule has 1 aromatic heterocycles. The summed E-state index contributed by atoms with van der Waals surface area (Å²) in [7, 11) is -0.475. The van der Waals surface area contributed by atoms with Crippen molar-refractivity contribution in [2.24, 2.45) is 0 Å². The number of anilines is 3. The first-order valence-electron chi connectivity index (χ1n) is 8.17. The zero-order chi connectivity index (χ0) is 17.9. The molecular formula is C17H23N5O2S. The van der Waals surface area contributed by atoms with Crippen LogP contribution >= 0.6 is 0 Å². The lowest BCUT2D eigenvalue weighted by atomic mass is 10.2. The Morgan fingerprint density at radius 3 is 2.16 bits per heavy atom. The van der Waals surface area contributed by atoms with Crippen molar-refractivity contribution in [3.05, 3.63) is 48.7 Å². The first-order chi connectivity index (χ1) is 12.0. The largest absolute Gasteiger partial charge is 0.368 e. The third-order valence-electron chi connectivity index (χ3n) is 4.21. The maximum Gasteiger partial charge on any atom is 0.301 e. The van der Waals surface area contributed by atoms with E-state index in [0.717, 1.165) is 42.0 Å². The van der Waals surface area contributed by atoms with E-state index >= 15 is 0 Å². The van der Waals surface area contributed by atoms with Gasteiger partial charge in [0.05, 0.1) is 0 Å². The van der Waals surface area contributed by atoms with Gasteiger partial charge < -0.3 is 9.80 Å². The van der Waals surface area contributed by atoms with Crippen LogP contribution in [-0.4, -0.2) is 58.0 Å². The summed E-state index contributed by atoms with van der Waals surface area (Å²) >= 11 is 0. The van der Waals surface area contributed by atoms with Gasteiger partial charge in [-0.05, 0) is 36.4 Å². The Kier molecular flexibility index (Phi) is 5.10. The molecule has 0 atom stereocenters. The predicted molar refractivity (Wildman–Crippen MR) is 101 cm³/mol.